The summed E-state index contributed by atoms with van der Waals surface area (Å²) in [5.74, 6) is -0.785. The largest absolute Gasteiger partial charge is 0.472 e. The van der Waals surface area contributed by atoms with Gasteiger partial charge in [-0.25, -0.2) is 4.57 Å². The molecule has 0 aliphatic rings. The molecule has 0 aromatic rings. The summed E-state index contributed by atoms with van der Waals surface area (Å²) in [5.41, 5.74) is 0. The van der Waals surface area contributed by atoms with Crippen LogP contribution in [0, 0.1) is 0 Å². The first-order chi connectivity index (χ1) is 32.5. The minimum absolute atomic E-state index is 0.0368. The van der Waals surface area contributed by atoms with Gasteiger partial charge in [-0.15, -0.1) is 0 Å². The number of likely N-dealkylation sites (N-methyl/N-ethyl adjacent to an activating group) is 1. The summed E-state index contributed by atoms with van der Waals surface area (Å²) in [6.45, 7) is 4.45. The Kier molecular flexibility index (Phi) is 49.2. The molecule has 0 aliphatic carbocycles. The zero-order chi connectivity index (χ0) is 49.2. The Morgan fingerprint density at radius 2 is 0.672 bits per heavy atom. The molecular formula is C57H115NO8P+. The molecule has 9 nitrogen and oxygen atoms in total. The third-order valence-electron chi connectivity index (χ3n) is 13.4. The van der Waals surface area contributed by atoms with Crippen LogP contribution in [0.5, 0.6) is 0 Å². The van der Waals surface area contributed by atoms with E-state index >= 15 is 0 Å². The molecule has 0 rings (SSSR count). The maximum Gasteiger partial charge on any atom is 0.472 e. The second-order valence-electron chi connectivity index (χ2n) is 21.4. The molecule has 0 amide bonds. The van der Waals surface area contributed by atoms with Gasteiger partial charge in [-0.1, -0.05) is 277 Å². The number of carbonyl (C=O) groups excluding carboxylic acids is 2. The SMILES string of the molecule is CCCCCCCCCCCCCCCCCCCCCCCCCCCCCCCCCCCCCC(=O)OC(COC(=O)CCCCCCCCCC)COP(=O)(O)OCC[N+](C)(C)C. The van der Waals surface area contributed by atoms with Crippen LogP contribution in [0.25, 0.3) is 0 Å². The van der Waals surface area contributed by atoms with Gasteiger partial charge in [0, 0.05) is 12.8 Å². The number of phosphoric acid groups is 1. The van der Waals surface area contributed by atoms with Crippen LogP contribution in [-0.4, -0.2) is 74.9 Å². The Hall–Kier alpha value is -0.990. The van der Waals surface area contributed by atoms with Gasteiger partial charge in [0.2, 0.25) is 0 Å². The van der Waals surface area contributed by atoms with Crippen molar-refractivity contribution in [3.63, 3.8) is 0 Å². The van der Waals surface area contributed by atoms with Crippen LogP contribution in [0.3, 0.4) is 0 Å². The van der Waals surface area contributed by atoms with Gasteiger partial charge >= 0.3 is 19.8 Å². The number of quaternary nitrogens is 1. The summed E-state index contributed by atoms with van der Waals surface area (Å²) in [5, 5.41) is 0. The lowest BCUT2D eigenvalue weighted by atomic mass is 10.0. The molecule has 0 saturated carbocycles. The molecule has 1 N–H and O–H groups in total. The molecule has 2 unspecified atom stereocenters. The second-order valence-corrected chi connectivity index (χ2v) is 22.9. The summed E-state index contributed by atoms with van der Waals surface area (Å²) in [7, 11) is 1.50. The van der Waals surface area contributed by atoms with Gasteiger partial charge in [0.1, 0.15) is 19.8 Å². The summed E-state index contributed by atoms with van der Waals surface area (Å²) >= 11 is 0. The summed E-state index contributed by atoms with van der Waals surface area (Å²) in [4.78, 5) is 35.4. The number of hydrogen-bond donors (Lipinski definition) is 1. The predicted molar refractivity (Wildman–Crippen MR) is 285 cm³/mol. The van der Waals surface area contributed by atoms with E-state index in [4.69, 9.17) is 18.5 Å². The summed E-state index contributed by atoms with van der Waals surface area (Å²) < 4.78 is 34.4. The highest BCUT2D eigenvalue weighted by Gasteiger charge is 2.27. The van der Waals surface area contributed by atoms with Gasteiger partial charge in [0.15, 0.2) is 6.10 Å². The maximum absolute atomic E-state index is 12.7. The zero-order valence-corrected chi connectivity index (χ0v) is 46.3. The van der Waals surface area contributed by atoms with E-state index in [2.05, 4.69) is 13.8 Å². The number of carbonyl (C=O) groups is 2. The normalized spacial score (nSPS) is 13.2. The first-order valence-corrected chi connectivity index (χ1v) is 30.8. The van der Waals surface area contributed by atoms with Crippen LogP contribution < -0.4 is 0 Å². The fraction of sp³-hybridized carbons (Fsp3) is 0.965. The van der Waals surface area contributed by atoms with Crippen LogP contribution in [0.15, 0.2) is 0 Å². The number of esters is 2. The van der Waals surface area contributed by atoms with E-state index in [0.29, 0.717) is 17.4 Å². The van der Waals surface area contributed by atoms with E-state index in [9.17, 15) is 19.0 Å². The van der Waals surface area contributed by atoms with Crippen molar-refractivity contribution >= 4 is 19.8 Å². The zero-order valence-electron chi connectivity index (χ0n) is 45.4. The van der Waals surface area contributed by atoms with E-state index in [1.165, 1.54) is 238 Å². The number of phosphoric ester groups is 1. The molecule has 0 spiro atoms. The smallest absolute Gasteiger partial charge is 0.462 e. The highest BCUT2D eigenvalue weighted by atomic mass is 31.2. The lowest BCUT2D eigenvalue weighted by Crippen LogP contribution is -2.37. The quantitative estimate of drug-likeness (QED) is 0.0278. The van der Waals surface area contributed by atoms with Crippen molar-refractivity contribution < 1.29 is 42.1 Å². The van der Waals surface area contributed by atoms with Gasteiger partial charge in [-0.2, -0.15) is 0 Å². The fourth-order valence-corrected chi connectivity index (χ4v) is 9.58. The second kappa shape index (κ2) is 50.0. The van der Waals surface area contributed by atoms with Crippen molar-refractivity contribution in [2.75, 3.05) is 47.5 Å². The van der Waals surface area contributed by atoms with Gasteiger partial charge in [0.05, 0.1) is 27.7 Å². The molecule has 0 saturated heterocycles. The average Bonchev–Trinajstić information content (AvgIpc) is 3.29. The molecule has 400 valence electrons. The van der Waals surface area contributed by atoms with Crippen molar-refractivity contribution in [3.8, 4) is 0 Å². The molecule has 0 fully saturated rings. The lowest BCUT2D eigenvalue weighted by molar-refractivity contribution is -0.870. The van der Waals surface area contributed by atoms with Gasteiger partial charge in [0.25, 0.3) is 0 Å². The Balaban J connectivity index is 3.80. The third kappa shape index (κ3) is 54.2. The Labute approximate surface area is 416 Å². The molecule has 0 aromatic carbocycles. The predicted octanol–water partition coefficient (Wildman–Crippen LogP) is 17.9. The molecule has 0 aromatic heterocycles. The number of rotatable bonds is 55. The minimum atomic E-state index is -4.37. The number of hydrogen-bond acceptors (Lipinski definition) is 7. The summed E-state index contributed by atoms with van der Waals surface area (Å²) in [6.07, 6.45) is 56.6. The van der Waals surface area contributed by atoms with Crippen molar-refractivity contribution in [3.05, 3.63) is 0 Å². The highest BCUT2D eigenvalue weighted by Crippen LogP contribution is 2.43. The first kappa shape index (κ1) is 66.0. The topological polar surface area (TPSA) is 108 Å². The molecule has 0 radical (unpaired) electrons. The van der Waals surface area contributed by atoms with Crippen LogP contribution in [0.4, 0.5) is 0 Å². The first-order valence-electron chi connectivity index (χ1n) is 29.3. The molecular weight excluding hydrogens is 858 g/mol. The van der Waals surface area contributed by atoms with Crippen LogP contribution in [0.2, 0.25) is 0 Å². The maximum atomic E-state index is 12.7. The molecule has 0 aliphatic heterocycles. The van der Waals surface area contributed by atoms with Gasteiger partial charge < -0.3 is 18.9 Å². The molecule has 10 heteroatoms. The van der Waals surface area contributed by atoms with Crippen LogP contribution >= 0.6 is 7.82 Å². The standard InChI is InChI=1S/C57H114NO8P/c1-6-8-10-12-14-16-17-18-19-20-21-22-23-24-25-26-27-28-29-30-31-32-33-34-35-36-37-38-39-40-41-42-44-46-48-50-57(60)66-55(54-65-67(61,62)64-52-51-58(3,4)5)53-63-56(59)49-47-45-43-15-13-11-9-7-2/h55H,6-54H2,1-5H3/p+1. The van der Waals surface area contributed by atoms with E-state index in [0.717, 1.165) is 38.5 Å². The number of ether oxygens (including phenoxy) is 2. The van der Waals surface area contributed by atoms with Crippen molar-refractivity contribution in [1.29, 1.82) is 0 Å². The van der Waals surface area contributed by atoms with Crippen molar-refractivity contribution in [2.24, 2.45) is 0 Å². The average molecular weight is 974 g/mol. The van der Waals surface area contributed by atoms with Gasteiger partial charge in [-0.3, -0.25) is 18.6 Å². The Morgan fingerprint density at radius 1 is 0.403 bits per heavy atom. The highest BCUT2D eigenvalue weighted by molar-refractivity contribution is 7.47. The minimum Gasteiger partial charge on any atom is -0.462 e. The van der Waals surface area contributed by atoms with E-state index in [1.807, 2.05) is 21.1 Å². The van der Waals surface area contributed by atoms with E-state index in [-0.39, 0.29) is 25.6 Å². The van der Waals surface area contributed by atoms with Crippen molar-refractivity contribution in [1.82, 2.24) is 0 Å². The Bertz CT molecular complexity index is 1100. The Morgan fingerprint density at radius 3 is 0.955 bits per heavy atom. The number of nitrogens with zero attached hydrogens (tertiary/aromatic N) is 1. The van der Waals surface area contributed by atoms with Gasteiger partial charge in [-0.05, 0) is 12.8 Å². The number of unbranched alkanes of at least 4 members (excludes halogenated alkanes) is 41. The summed E-state index contributed by atoms with van der Waals surface area (Å²) in [6, 6.07) is 0. The van der Waals surface area contributed by atoms with E-state index in [1.54, 1.807) is 0 Å². The third-order valence-corrected chi connectivity index (χ3v) is 14.4. The monoisotopic (exact) mass is 973 g/mol. The van der Waals surface area contributed by atoms with E-state index < -0.39 is 26.5 Å². The molecule has 67 heavy (non-hydrogen) atoms. The van der Waals surface area contributed by atoms with Crippen LogP contribution in [-0.2, 0) is 32.7 Å². The van der Waals surface area contributed by atoms with Crippen molar-refractivity contribution in [2.45, 2.75) is 309 Å². The van der Waals surface area contributed by atoms with Crippen LogP contribution in [0.1, 0.15) is 303 Å². The lowest BCUT2D eigenvalue weighted by Gasteiger charge is -2.24. The fourth-order valence-electron chi connectivity index (χ4n) is 8.84. The molecule has 2 atom stereocenters. The molecule has 0 heterocycles. The molecule has 0 bridgehead atoms.